The normalized spacial score (nSPS) is 11.2. The maximum atomic E-state index is 12.3. The minimum absolute atomic E-state index is 0.0624. The molecule has 1 amide bonds. The fourth-order valence-electron chi connectivity index (χ4n) is 1.91. The van der Waals surface area contributed by atoms with Crippen molar-refractivity contribution < 1.29 is 4.79 Å². The first-order chi connectivity index (χ1) is 8.12. The van der Waals surface area contributed by atoms with Crippen LogP contribution in [0, 0.1) is 0 Å². The Hall–Kier alpha value is -0.830. The molecule has 2 nitrogen and oxygen atoms in total. The highest BCUT2D eigenvalue weighted by Crippen LogP contribution is 2.31. The van der Waals surface area contributed by atoms with Crippen molar-refractivity contribution in [3.05, 3.63) is 30.3 Å². The number of anilines is 1. The zero-order valence-electron chi connectivity index (χ0n) is 10.5. The number of halogens is 1. The molecule has 0 heterocycles. The molecule has 0 atom stereocenters. The highest BCUT2D eigenvalue weighted by Gasteiger charge is 2.33. The van der Waals surface area contributed by atoms with Crippen LogP contribution in [-0.4, -0.2) is 10.2 Å². The molecule has 3 heteroatoms. The van der Waals surface area contributed by atoms with E-state index < -0.39 is 4.32 Å². The number of hydrogen-bond acceptors (Lipinski definition) is 1. The Labute approximate surface area is 112 Å². The number of carbonyl (C=O) groups excluding carboxylic acids is 1. The van der Waals surface area contributed by atoms with Crippen LogP contribution in [0.5, 0.6) is 0 Å². The molecule has 0 radical (unpaired) electrons. The summed E-state index contributed by atoms with van der Waals surface area (Å²) in [6, 6.07) is 9.60. The van der Waals surface area contributed by atoms with E-state index in [2.05, 4.69) is 35.1 Å². The first-order valence-electron chi connectivity index (χ1n) is 6.18. The molecule has 0 aliphatic heterocycles. The summed E-state index contributed by atoms with van der Waals surface area (Å²) in [4.78, 5) is 12.3. The summed E-state index contributed by atoms with van der Waals surface area (Å²) in [5.41, 5.74) is 0.855. The minimum Gasteiger partial charge on any atom is -0.325 e. The van der Waals surface area contributed by atoms with Crippen LogP contribution < -0.4 is 5.32 Å². The van der Waals surface area contributed by atoms with Gasteiger partial charge < -0.3 is 5.32 Å². The second-order valence-corrected chi connectivity index (χ2v) is 5.80. The third-order valence-corrected chi connectivity index (χ3v) is 3.88. The minimum atomic E-state index is -0.424. The molecular formula is C14H20BrNO. The van der Waals surface area contributed by atoms with Crippen LogP contribution in [-0.2, 0) is 4.79 Å². The summed E-state index contributed by atoms with van der Waals surface area (Å²) in [7, 11) is 0. The van der Waals surface area contributed by atoms with E-state index in [9.17, 15) is 4.79 Å². The van der Waals surface area contributed by atoms with Crippen LogP contribution in [0.1, 0.15) is 39.5 Å². The Balaban J connectivity index is 2.72. The third-order valence-electron chi connectivity index (χ3n) is 2.73. The van der Waals surface area contributed by atoms with Gasteiger partial charge in [-0.25, -0.2) is 0 Å². The summed E-state index contributed by atoms with van der Waals surface area (Å²) in [6.07, 6.45) is 3.71. The van der Waals surface area contributed by atoms with Crippen LogP contribution in [0.3, 0.4) is 0 Å². The first kappa shape index (κ1) is 14.2. The molecule has 0 saturated carbocycles. The van der Waals surface area contributed by atoms with Crippen molar-refractivity contribution in [3.8, 4) is 0 Å². The summed E-state index contributed by atoms with van der Waals surface area (Å²) < 4.78 is -0.424. The van der Waals surface area contributed by atoms with Gasteiger partial charge in [0.25, 0.3) is 0 Å². The molecule has 0 spiro atoms. The summed E-state index contributed by atoms with van der Waals surface area (Å²) >= 11 is 3.62. The van der Waals surface area contributed by atoms with Gasteiger partial charge in [-0.05, 0) is 25.0 Å². The van der Waals surface area contributed by atoms with Crippen LogP contribution in [0.15, 0.2) is 30.3 Å². The van der Waals surface area contributed by atoms with Crippen LogP contribution >= 0.6 is 15.9 Å². The Morgan fingerprint density at radius 1 is 1.18 bits per heavy atom. The summed E-state index contributed by atoms with van der Waals surface area (Å²) in [5, 5.41) is 2.97. The third kappa shape index (κ3) is 4.15. The lowest BCUT2D eigenvalue weighted by molar-refractivity contribution is -0.118. The molecule has 17 heavy (non-hydrogen) atoms. The van der Waals surface area contributed by atoms with Crippen LogP contribution in [0.25, 0.3) is 0 Å². The fraction of sp³-hybridized carbons (Fsp3) is 0.500. The fourth-order valence-corrected chi connectivity index (χ4v) is 2.80. The lowest BCUT2D eigenvalue weighted by Gasteiger charge is -2.25. The molecule has 1 N–H and O–H groups in total. The molecule has 0 aromatic heterocycles. The Morgan fingerprint density at radius 2 is 1.71 bits per heavy atom. The molecule has 0 unspecified atom stereocenters. The van der Waals surface area contributed by atoms with Gasteiger partial charge in [0.15, 0.2) is 0 Å². The smallest absolute Gasteiger partial charge is 0.241 e. The second-order valence-electron chi connectivity index (χ2n) is 4.29. The van der Waals surface area contributed by atoms with Gasteiger partial charge in [0.05, 0.1) is 0 Å². The first-order valence-corrected chi connectivity index (χ1v) is 6.97. The highest BCUT2D eigenvalue weighted by molar-refractivity contribution is 9.10. The number of benzene rings is 1. The number of rotatable bonds is 6. The van der Waals surface area contributed by atoms with Crippen molar-refractivity contribution in [2.24, 2.45) is 0 Å². The van der Waals surface area contributed by atoms with Gasteiger partial charge in [0, 0.05) is 5.69 Å². The van der Waals surface area contributed by atoms with Crippen molar-refractivity contribution in [1.82, 2.24) is 0 Å². The molecular weight excluding hydrogens is 278 g/mol. The molecule has 0 aliphatic rings. The maximum absolute atomic E-state index is 12.3. The average Bonchev–Trinajstić information content (AvgIpc) is 2.31. The van der Waals surface area contributed by atoms with E-state index in [0.717, 1.165) is 31.4 Å². The van der Waals surface area contributed by atoms with Gasteiger partial charge in [-0.2, -0.15) is 0 Å². The van der Waals surface area contributed by atoms with E-state index in [0.29, 0.717) is 0 Å². The van der Waals surface area contributed by atoms with Gasteiger partial charge in [-0.1, -0.05) is 60.8 Å². The largest absolute Gasteiger partial charge is 0.325 e. The van der Waals surface area contributed by atoms with Crippen molar-refractivity contribution in [3.63, 3.8) is 0 Å². The van der Waals surface area contributed by atoms with E-state index in [1.54, 1.807) is 0 Å². The van der Waals surface area contributed by atoms with Crippen LogP contribution in [0.2, 0.25) is 0 Å². The Kier molecular flexibility index (Phi) is 5.69. The second kappa shape index (κ2) is 6.80. The molecule has 1 aromatic rings. The van der Waals surface area contributed by atoms with Gasteiger partial charge in [0.1, 0.15) is 4.32 Å². The van der Waals surface area contributed by atoms with Crippen molar-refractivity contribution >= 4 is 27.5 Å². The molecule has 1 rings (SSSR count). The van der Waals surface area contributed by atoms with Crippen molar-refractivity contribution in [2.45, 2.75) is 43.9 Å². The monoisotopic (exact) mass is 297 g/mol. The quantitative estimate of drug-likeness (QED) is 0.777. The number of alkyl halides is 1. The van der Waals surface area contributed by atoms with Gasteiger partial charge in [-0.15, -0.1) is 0 Å². The summed E-state index contributed by atoms with van der Waals surface area (Å²) in [5.74, 6) is 0.0624. The lowest BCUT2D eigenvalue weighted by atomic mass is 9.97. The predicted molar refractivity (Wildman–Crippen MR) is 76.5 cm³/mol. The predicted octanol–water partition coefficient (Wildman–Crippen LogP) is 4.36. The Bertz CT molecular complexity index is 344. The number of amides is 1. The number of carbonyl (C=O) groups is 1. The molecule has 0 saturated heterocycles. The van der Waals surface area contributed by atoms with Gasteiger partial charge in [0.2, 0.25) is 5.91 Å². The molecule has 0 bridgehead atoms. The molecule has 1 aromatic carbocycles. The van der Waals surface area contributed by atoms with E-state index in [4.69, 9.17) is 0 Å². The van der Waals surface area contributed by atoms with Gasteiger partial charge in [-0.3, -0.25) is 4.79 Å². The summed E-state index contributed by atoms with van der Waals surface area (Å²) in [6.45, 7) is 4.20. The maximum Gasteiger partial charge on any atom is 0.241 e. The lowest BCUT2D eigenvalue weighted by Crippen LogP contribution is -2.37. The number of hydrogen-bond donors (Lipinski definition) is 1. The van der Waals surface area contributed by atoms with E-state index >= 15 is 0 Å². The molecule has 94 valence electrons. The molecule has 0 aliphatic carbocycles. The zero-order valence-corrected chi connectivity index (χ0v) is 12.1. The Morgan fingerprint density at radius 3 is 2.18 bits per heavy atom. The van der Waals surface area contributed by atoms with Crippen molar-refractivity contribution in [2.75, 3.05) is 5.32 Å². The standard InChI is InChI=1S/C14H20BrNO/c1-3-10-14(15,11-4-2)13(17)16-12-8-6-5-7-9-12/h5-9H,3-4,10-11H2,1-2H3,(H,16,17). The van der Waals surface area contributed by atoms with E-state index in [1.165, 1.54) is 0 Å². The number of para-hydroxylation sites is 1. The van der Waals surface area contributed by atoms with Crippen LogP contribution in [0.4, 0.5) is 5.69 Å². The van der Waals surface area contributed by atoms with Gasteiger partial charge >= 0.3 is 0 Å². The van der Waals surface area contributed by atoms with E-state index in [1.807, 2.05) is 30.3 Å². The zero-order chi connectivity index (χ0) is 12.7. The van der Waals surface area contributed by atoms with Crippen molar-refractivity contribution in [1.29, 1.82) is 0 Å². The SMILES string of the molecule is CCCC(Br)(CCC)C(=O)Nc1ccccc1. The van der Waals surface area contributed by atoms with E-state index in [-0.39, 0.29) is 5.91 Å². The highest BCUT2D eigenvalue weighted by atomic mass is 79.9. The topological polar surface area (TPSA) is 29.1 Å². The molecule has 0 fully saturated rings. The average molecular weight is 298 g/mol. The number of nitrogens with one attached hydrogen (secondary N) is 1.